The molecule has 7 heteroatoms. The van der Waals surface area contributed by atoms with Crippen LogP contribution in [0.15, 0.2) is 54.6 Å². The van der Waals surface area contributed by atoms with Crippen molar-refractivity contribution >= 4 is 17.7 Å². The topological polar surface area (TPSA) is 79.0 Å². The van der Waals surface area contributed by atoms with Crippen LogP contribution in [0.4, 0.5) is 0 Å². The number of rotatable bonds is 8. The number of benzene rings is 2. The summed E-state index contributed by atoms with van der Waals surface area (Å²) in [6.07, 6.45) is 1.08. The molecule has 162 valence electrons. The van der Waals surface area contributed by atoms with Crippen LogP contribution >= 0.6 is 0 Å². The van der Waals surface area contributed by atoms with Gasteiger partial charge in [0.1, 0.15) is 6.04 Å². The number of nitrogens with zero attached hydrogens (tertiary/aromatic N) is 2. The fourth-order valence-electron chi connectivity index (χ4n) is 4.09. The predicted octanol–water partition coefficient (Wildman–Crippen LogP) is 1.73. The Morgan fingerprint density at radius 3 is 2.19 bits per heavy atom. The zero-order valence-corrected chi connectivity index (χ0v) is 17.5. The van der Waals surface area contributed by atoms with Gasteiger partial charge in [-0.1, -0.05) is 42.5 Å². The van der Waals surface area contributed by atoms with Crippen LogP contribution in [0.2, 0.25) is 0 Å². The summed E-state index contributed by atoms with van der Waals surface area (Å²) in [6.45, 7) is 4.65. The second kappa shape index (κ2) is 9.85. The van der Waals surface area contributed by atoms with E-state index in [0.717, 1.165) is 49.7 Å². The van der Waals surface area contributed by atoms with E-state index in [1.54, 1.807) is 24.3 Å². The first-order valence-corrected chi connectivity index (χ1v) is 10.7. The van der Waals surface area contributed by atoms with Crippen molar-refractivity contribution in [2.75, 3.05) is 39.4 Å². The Labute approximate surface area is 182 Å². The molecule has 2 aliphatic rings. The number of carbonyl (C=O) groups is 3. The molecule has 0 aromatic heterocycles. The third-order valence-electron chi connectivity index (χ3n) is 5.77. The van der Waals surface area contributed by atoms with Gasteiger partial charge in [-0.25, -0.2) is 0 Å². The van der Waals surface area contributed by atoms with E-state index in [1.165, 1.54) is 0 Å². The number of nitrogens with one attached hydrogen (secondary N) is 1. The van der Waals surface area contributed by atoms with Gasteiger partial charge in [-0.2, -0.15) is 0 Å². The summed E-state index contributed by atoms with van der Waals surface area (Å²) in [5.74, 6) is -1.13. The molecule has 1 saturated heterocycles. The van der Waals surface area contributed by atoms with Crippen LogP contribution in [0.25, 0.3) is 0 Å². The number of carbonyl (C=O) groups excluding carboxylic acids is 3. The van der Waals surface area contributed by atoms with Crippen LogP contribution in [0.5, 0.6) is 0 Å². The van der Waals surface area contributed by atoms with Gasteiger partial charge in [0.05, 0.1) is 24.3 Å². The molecule has 2 aromatic carbocycles. The molecule has 3 amide bonds. The monoisotopic (exact) mass is 421 g/mol. The number of hydrogen-bond donors (Lipinski definition) is 1. The van der Waals surface area contributed by atoms with Crippen LogP contribution in [-0.4, -0.2) is 73.0 Å². The maximum absolute atomic E-state index is 13.1. The maximum atomic E-state index is 13.1. The van der Waals surface area contributed by atoms with E-state index >= 15 is 0 Å². The number of morpholine rings is 1. The summed E-state index contributed by atoms with van der Waals surface area (Å²) in [4.78, 5) is 42.5. The lowest BCUT2D eigenvalue weighted by atomic mass is 10.0. The van der Waals surface area contributed by atoms with Crippen LogP contribution < -0.4 is 5.32 Å². The molecule has 0 bridgehead atoms. The third kappa shape index (κ3) is 4.84. The van der Waals surface area contributed by atoms with E-state index in [2.05, 4.69) is 10.2 Å². The summed E-state index contributed by atoms with van der Waals surface area (Å²) in [5.41, 5.74) is 1.60. The van der Waals surface area contributed by atoms with E-state index in [-0.39, 0.29) is 12.3 Å². The zero-order valence-electron chi connectivity index (χ0n) is 17.5. The van der Waals surface area contributed by atoms with E-state index in [1.807, 2.05) is 30.3 Å². The molecule has 1 atom stereocenters. The van der Waals surface area contributed by atoms with Crippen LogP contribution in [-0.2, 0) is 16.0 Å². The fourth-order valence-corrected chi connectivity index (χ4v) is 4.09. The third-order valence-corrected chi connectivity index (χ3v) is 5.77. The normalized spacial score (nSPS) is 17.5. The highest BCUT2D eigenvalue weighted by molar-refractivity contribution is 6.22. The molecule has 0 radical (unpaired) electrons. The first kappa shape index (κ1) is 21.2. The number of amides is 3. The van der Waals surface area contributed by atoms with Gasteiger partial charge >= 0.3 is 0 Å². The Morgan fingerprint density at radius 2 is 1.55 bits per heavy atom. The average Bonchev–Trinajstić information content (AvgIpc) is 3.06. The number of hydrogen-bond acceptors (Lipinski definition) is 5. The van der Waals surface area contributed by atoms with E-state index < -0.39 is 17.9 Å². The van der Waals surface area contributed by atoms with Crippen molar-refractivity contribution in [1.82, 2.24) is 15.1 Å². The number of ether oxygens (including phenoxy) is 1. The first-order chi connectivity index (χ1) is 15.1. The summed E-state index contributed by atoms with van der Waals surface area (Å²) in [6, 6.07) is 15.3. The highest BCUT2D eigenvalue weighted by atomic mass is 16.5. The number of imide groups is 1. The first-order valence-electron chi connectivity index (χ1n) is 10.7. The Hall–Kier alpha value is -3.03. The van der Waals surface area contributed by atoms with Crippen LogP contribution in [0.1, 0.15) is 32.7 Å². The molecular formula is C24H27N3O4. The molecule has 31 heavy (non-hydrogen) atoms. The molecule has 0 unspecified atom stereocenters. The van der Waals surface area contributed by atoms with Crippen molar-refractivity contribution in [2.45, 2.75) is 18.9 Å². The smallest absolute Gasteiger partial charge is 0.262 e. The Balaban J connectivity index is 1.45. The molecule has 0 saturated carbocycles. The second-order valence-corrected chi connectivity index (χ2v) is 7.83. The van der Waals surface area contributed by atoms with Crippen molar-refractivity contribution in [3.05, 3.63) is 71.3 Å². The van der Waals surface area contributed by atoms with E-state index in [4.69, 9.17) is 4.74 Å². The van der Waals surface area contributed by atoms with Gasteiger partial charge in [-0.15, -0.1) is 0 Å². The minimum atomic E-state index is -0.891. The Kier molecular flexibility index (Phi) is 6.74. The molecule has 2 aromatic rings. The van der Waals surface area contributed by atoms with E-state index in [9.17, 15) is 14.4 Å². The molecule has 0 aliphatic carbocycles. The van der Waals surface area contributed by atoms with Gasteiger partial charge in [-0.05, 0) is 30.7 Å². The van der Waals surface area contributed by atoms with Crippen molar-refractivity contribution < 1.29 is 19.1 Å². The SMILES string of the molecule is O=C(NCCCN1CCOCC1)[C@H](Cc1ccccc1)N1C(=O)c2ccccc2C1=O. The Bertz CT molecular complexity index is 906. The maximum Gasteiger partial charge on any atom is 0.262 e. The summed E-state index contributed by atoms with van der Waals surface area (Å²) in [7, 11) is 0. The summed E-state index contributed by atoms with van der Waals surface area (Å²) < 4.78 is 5.36. The predicted molar refractivity (Wildman–Crippen MR) is 116 cm³/mol. The molecular weight excluding hydrogens is 394 g/mol. The zero-order chi connectivity index (χ0) is 21.6. The highest BCUT2D eigenvalue weighted by Gasteiger charge is 2.42. The lowest BCUT2D eigenvalue weighted by Crippen LogP contribution is -2.51. The Morgan fingerprint density at radius 1 is 0.935 bits per heavy atom. The molecule has 1 fully saturated rings. The lowest BCUT2D eigenvalue weighted by molar-refractivity contribution is -0.125. The van der Waals surface area contributed by atoms with Gasteiger partial charge in [0.2, 0.25) is 5.91 Å². The van der Waals surface area contributed by atoms with Crippen molar-refractivity contribution in [2.24, 2.45) is 0 Å². The summed E-state index contributed by atoms with van der Waals surface area (Å²) in [5, 5.41) is 2.94. The highest BCUT2D eigenvalue weighted by Crippen LogP contribution is 2.26. The van der Waals surface area contributed by atoms with Gasteiger partial charge < -0.3 is 10.1 Å². The lowest BCUT2D eigenvalue weighted by Gasteiger charge is -2.27. The second-order valence-electron chi connectivity index (χ2n) is 7.83. The standard InChI is InChI=1S/C24H27N3O4/c28-22(25-11-6-12-26-13-15-31-16-14-26)21(17-18-7-2-1-3-8-18)27-23(29)19-9-4-5-10-20(19)24(27)30/h1-5,7-10,21H,6,11-17H2,(H,25,28)/t21-/m0/s1. The van der Waals surface area contributed by atoms with Crippen molar-refractivity contribution in [3.8, 4) is 0 Å². The largest absolute Gasteiger partial charge is 0.379 e. The van der Waals surface area contributed by atoms with Crippen LogP contribution in [0, 0.1) is 0 Å². The molecule has 7 nitrogen and oxygen atoms in total. The average molecular weight is 421 g/mol. The quantitative estimate of drug-likeness (QED) is 0.519. The minimum absolute atomic E-state index is 0.279. The molecule has 1 N–H and O–H groups in total. The van der Waals surface area contributed by atoms with E-state index in [0.29, 0.717) is 17.7 Å². The van der Waals surface area contributed by atoms with Crippen molar-refractivity contribution in [3.63, 3.8) is 0 Å². The molecule has 0 spiro atoms. The summed E-state index contributed by atoms with van der Waals surface area (Å²) >= 11 is 0. The fraction of sp³-hybridized carbons (Fsp3) is 0.375. The molecule has 2 heterocycles. The molecule has 4 rings (SSSR count). The van der Waals surface area contributed by atoms with Gasteiger partial charge in [0.15, 0.2) is 0 Å². The van der Waals surface area contributed by atoms with Crippen LogP contribution in [0.3, 0.4) is 0 Å². The van der Waals surface area contributed by atoms with Gasteiger partial charge in [0, 0.05) is 26.1 Å². The number of fused-ring (bicyclic) bond motifs is 1. The van der Waals surface area contributed by atoms with Crippen molar-refractivity contribution in [1.29, 1.82) is 0 Å². The minimum Gasteiger partial charge on any atom is -0.379 e. The van der Waals surface area contributed by atoms with Gasteiger partial charge in [-0.3, -0.25) is 24.2 Å². The van der Waals surface area contributed by atoms with Gasteiger partial charge in [0.25, 0.3) is 11.8 Å². The molecule has 2 aliphatic heterocycles.